The van der Waals surface area contributed by atoms with Crippen LogP contribution in [0.5, 0.6) is 5.75 Å². The van der Waals surface area contributed by atoms with E-state index in [1.54, 1.807) is 19.9 Å². The van der Waals surface area contributed by atoms with Gasteiger partial charge in [0.25, 0.3) is 0 Å². The lowest BCUT2D eigenvalue weighted by molar-refractivity contribution is -0.137. The molecule has 2 aromatic carbocycles. The number of nitrogens with zero attached hydrogens (tertiary/aromatic N) is 1. The van der Waals surface area contributed by atoms with E-state index in [4.69, 9.17) is 9.72 Å². The van der Waals surface area contributed by atoms with Crippen LogP contribution < -0.4 is 4.74 Å². The molecule has 1 atom stereocenters. The number of hydrogen-bond acceptors (Lipinski definition) is 5. The van der Waals surface area contributed by atoms with Gasteiger partial charge in [-0.15, -0.1) is 11.3 Å². The molecule has 0 aliphatic carbocycles. The Kier molecular flexibility index (Phi) is 8.29. The third kappa shape index (κ3) is 6.84. The minimum absolute atomic E-state index is 0.113. The number of aliphatic hydroxyl groups excluding tert-OH is 2. The maximum Gasteiger partial charge on any atom is 0.416 e. The fourth-order valence-electron chi connectivity index (χ4n) is 3.78. The largest absolute Gasteiger partial charge is 0.485 e. The first kappa shape index (κ1) is 27.2. The number of ether oxygens (including phenoxy) is 1. The second-order valence-electron chi connectivity index (χ2n) is 9.65. The summed E-state index contributed by atoms with van der Waals surface area (Å²) in [5, 5.41) is 21.0. The summed E-state index contributed by atoms with van der Waals surface area (Å²) in [5.74, 6) is 0.776. The maximum atomic E-state index is 12.9. The number of benzene rings is 2. The van der Waals surface area contributed by atoms with Crippen LogP contribution in [0.15, 0.2) is 42.5 Å². The molecule has 0 amide bonds. The zero-order valence-corrected chi connectivity index (χ0v) is 21.4. The Morgan fingerprint density at radius 2 is 1.71 bits per heavy atom. The molecule has 0 spiro atoms. The van der Waals surface area contributed by atoms with Gasteiger partial charge in [-0.1, -0.05) is 32.0 Å². The summed E-state index contributed by atoms with van der Waals surface area (Å²) >= 11 is 1.46. The van der Waals surface area contributed by atoms with Crippen LogP contribution in [0.25, 0.3) is 10.6 Å². The lowest BCUT2D eigenvalue weighted by atomic mass is 9.98. The molecule has 8 heteroatoms. The van der Waals surface area contributed by atoms with Gasteiger partial charge >= 0.3 is 6.18 Å². The first-order valence-corrected chi connectivity index (χ1v) is 12.4. The molecule has 35 heavy (non-hydrogen) atoms. The molecular weight excluding hydrogens is 475 g/mol. The van der Waals surface area contributed by atoms with Crippen LogP contribution in [0.1, 0.15) is 73.4 Å². The van der Waals surface area contributed by atoms with Crippen LogP contribution in [0.3, 0.4) is 0 Å². The Labute approximate surface area is 208 Å². The number of aromatic nitrogens is 1. The monoisotopic (exact) mass is 507 g/mol. The average molecular weight is 508 g/mol. The lowest BCUT2D eigenvalue weighted by Crippen LogP contribution is -2.32. The molecule has 190 valence electrons. The van der Waals surface area contributed by atoms with E-state index >= 15 is 0 Å². The lowest BCUT2D eigenvalue weighted by Gasteiger charge is -2.24. The summed E-state index contributed by atoms with van der Waals surface area (Å²) in [6, 6.07) is 10.5. The van der Waals surface area contributed by atoms with Gasteiger partial charge in [-0.25, -0.2) is 4.98 Å². The van der Waals surface area contributed by atoms with Crippen molar-refractivity contribution in [2.75, 3.05) is 6.61 Å². The Morgan fingerprint density at radius 3 is 2.26 bits per heavy atom. The highest BCUT2D eigenvalue weighted by molar-refractivity contribution is 7.15. The van der Waals surface area contributed by atoms with Crippen LogP contribution >= 0.6 is 11.3 Å². The van der Waals surface area contributed by atoms with Crippen molar-refractivity contribution in [3.05, 3.63) is 69.7 Å². The molecule has 1 heterocycles. The van der Waals surface area contributed by atoms with Gasteiger partial charge in [0.1, 0.15) is 16.4 Å². The minimum Gasteiger partial charge on any atom is -0.485 e. The van der Waals surface area contributed by atoms with Crippen LogP contribution in [-0.4, -0.2) is 27.4 Å². The smallest absolute Gasteiger partial charge is 0.416 e. The highest BCUT2D eigenvalue weighted by Crippen LogP contribution is 2.36. The third-order valence-corrected chi connectivity index (χ3v) is 6.93. The second kappa shape index (κ2) is 10.7. The minimum atomic E-state index is -4.37. The van der Waals surface area contributed by atoms with Crippen LogP contribution in [0.4, 0.5) is 13.2 Å². The summed E-state index contributed by atoms with van der Waals surface area (Å²) < 4.78 is 44.5. The summed E-state index contributed by atoms with van der Waals surface area (Å²) in [4.78, 5) is 5.74. The molecule has 0 saturated heterocycles. The zero-order chi connectivity index (χ0) is 26.0. The van der Waals surface area contributed by atoms with E-state index in [0.717, 1.165) is 33.8 Å². The quantitative estimate of drug-likeness (QED) is 0.325. The fourth-order valence-corrected chi connectivity index (χ4v) is 5.02. The second-order valence-corrected chi connectivity index (χ2v) is 10.7. The third-order valence-electron chi connectivity index (χ3n) is 5.75. The number of alkyl halides is 3. The van der Waals surface area contributed by atoms with Gasteiger partial charge in [0.15, 0.2) is 0 Å². The van der Waals surface area contributed by atoms with Crippen molar-refractivity contribution in [3.63, 3.8) is 0 Å². The Balaban J connectivity index is 1.75. The van der Waals surface area contributed by atoms with Crippen molar-refractivity contribution in [1.29, 1.82) is 0 Å². The van der Waals surface area contributed by atoms with E-state index in [-0.39, 0.29) is 12.5 Å². The molecule has 0 fully saturated rings. The normalized spacial score (nSPS) is 13.3. The van der Waals surface area contributed by atoms with Crippen LogP contribution in [0.2, 0.25) is 0 Å². The van der Waals surface area contributed by atoms with Crippen LogP contribution in [0, 0.1) is 6.92 Å². The predicted molar refractivity (Wildman–Crippen MR) is 133 cm³/mol. The molecule has 0 saturated carbocycles. The Morgan fingerprint density at radius 1 is 1.06 bits per heavy atom. The number of halogens is 3. The first-order chi connectivity index (χ1) is 16.3. The van der Waals surface area contributed by atoms with Gasteiger partial charge in [0.05, 0.1) is 24.0 Å². The highest BCUT2D eigenvalue weighted by atomic mass is 32.1. The maximum absolute atomic E-state index is 12.9. The Bertz CT molecular complexity index is 1140. The van der Waals surface area contributed by atoms with Crippen molar-refractivity contribution in [2.24, 2.45) is 0 Å². The van der Waals surface area contributed by atoms with Crippen molar-refractivity contribution in [3.8, 4) is 16.3 Å². The molecule has 1 aromatic heterocycles. The topological polar surface area (TPSA) is 62.6 Å². The summed E-state index contributed by atoms with van der Waals surface area (Å²) in [6.07, 6.45) is -3.98. The van der Waals surface area contributed by atoms with Crippen molar-refractivity contribution in [1.82, 2.24) is 4.98 Å². The van der Waals surface area contributed by atoms with E-state index in [2.05, 4.69) is 0 Å². The van der Waals surface area contributed by atoms with Gasteiger partial charge < -0.3 is 14.9 Å². The SMILES string of the molecule is Cc1cc(OC(C)(C)CO)ccc1C(O)CCc1sc(-c2ccc(C(F)(F)F)cc2)nc1C(C)C. The van der Waals surface area contributed by atoms with Gasteiger partial charge in [0, 0.05) is 10.4 Å². The van der Waals surface area contributed by atoms with Crippen LogP contribution in [-0.2, 0) is 12.6 Å². The van der Waals surface area contributed by atoms with Gasteiger partial charge in [-0.05, 0) is 74.9 Å². The highest BCUT2D eigenvalue weighted by Gasteiger charge is 2.30. The number of aliphatic hydroxyl groups is 2. The van der Waals surface area contributed by atoms with E-state index < -0.39 is 23.4 Å². The molecule has 2 N–H and O–H groups in total. The van der Waals surface area contributed by atoms with E-state index in [1.807, 2.05) is 32.9 Å². The standard InChI is InChI=1S/C27H32F3NO3S/c1-16(2)24-23(35-25(31-24)18-6-8-19(9-7-18)27(28,29)30)13-12-22(33)21-11-10-20(14-17(21)3)34-26(4,5)15-32/h6-11,14,16,22,32-33H,12-13,15H2,1-5H3. The summed E-state index contributed by atoms with van der Waals surface area (Å²) in [5.41, 5.74) is 1.87. The summed E-state index contributed by atoms with van der Waals surface area (Å²) in [7, 11) is 0. The summed E-state index contributed by atoms with van der Waals surface area (Å²) in [6.45, 7) is 9.45. The van der Waals surface area contributed by atoms with Gasteiger partial charge in [-0.3, -0.25) is 0 Å². The van der Waals surface area contributed by atoms with Gasteiger partial charge in [0.2, 0.25) is 0 Å². The molecule has 3 aromatic rings. The van der Waals surface area contributed by atoms with Gasteiger partial charge in [-0.2, -0.15) is 13.2 Å². The molecule has 0 radical (unpaired) electrons. The predicted octanol–water partition coefficient (Wildman–Crippen LogP) is 7.08. The number of rotatable bonds is 9. The molecule has 1 unspecified atom stereocenters. The molecule has 3 rings (SSSR count). The van der Waals surface area contributed by atoms with E-state index in [0.29, 0.717) is 29.2 Å². The number of thiazole rings is 1. The van der Waals surface area contributed by atoms with Crippen molar-refractivity contribution >= 4 is 11.3 Å². The number of aryl methyl sites for hydroxylation is 2. The van der Waals surface area contributed by atoms with E-state index in [1.165, 1.54) is 23.5 Å². The number of hydrogen-bond donors (Lipinski definition) is 2. The van der Waals surface area contributed by atoms with Crippen molar-refractivity contribution < 1.29 is 28.1 Å². The Hall–Kier alpha value is -2.42. The molecule has 0 aliphatic rings. The average Bonchev–Trinajstić information content (AvgIpc) is 3.21. The molecule has 0 bridgehead atoms. The zero-order valence-electron chi connectivity index (χ0n) is 20.6. The molecule has 4 nitrogen and oxygen atoms in total. The van der Waals surface area contributed by atoms with E-state index in [9.17, 15) is 23.4 Å². The molecular formula is C27H32F3NO3S. The van der Waals surface area contributed by atoms with Crippen molar-refractivity contribution in [2.45, 2.75) is 71.3 Å². The fraction of sp³-hybridized carbons (Fsp3) is 0.444. The molecule has 0 aliphatic heterocycles. The first-order valence-electron chi connectivity index (χ1n) is 11.6.